The number of anilines is 1. The van der Waals surface area contributed by atoms with E-state index in [1.54, 1.807) is 42.2 Å². The minimum atomic E-state index is -4.72. The Morgan fingerprint density at radius 1 is 1.16 bits per heavy atom. The molecule has 9 nitrogen and oxygen atoms in total. The van der Waals surface area contributed by atoms with Crippen LogP contribution in [0.5, 0.6) is 0 Å². The molecule has 2 N–H and O–H groups in total. The molecule has 12 heteroatoms. The number of benzene rings is 2. The first-order valence-electron chi connectivity index (χ1n) is 9.44. The van der Waals surface area contributed by atoms with Gasteiger partial charge in [-0.15, -0.1) is 0 Å². The molecule has 1 heterocycles. The third kappa shape index (κ3) is 5.20. The van der Waals surface area contributed by atoms with E-state index in [4.69, 9.17) is 0 Å². The Balaban J connectivity index is 1.67. The van der Waals surface area contributed by atoms with Gasteiger partial charge in [0.1, 0.15) is 24.4 Å². The molecule has 0 aliphatic carbocycles. The van der Waals surface area contributed by atoms with Gasteiger partial charge in [0.15, 0.2) is 0 Å². The average molecular weight is 448 g/mol. The van der Waals surface area contributed by atoms with E-state index >= 15 is 0 Å². The van der Waals surface area contributed by atoms with E-state index in [2.05, 4.69) is 20.7 Å². The number of hydrogen-bond donors (Lipinski definition) is 2. The molecule has 0 aliphatic rings. The molecule has 3 aromatic rings. The summed E-state index contributed by atoms with van der Waals surface area (Å²) in [6.45, 7) is 3.22. The number of amides is 1. The van der Waals surface area contributed by atoms with Gasteiger partial charge in [0, 0.05) is 6.07 Å². The fourth-order valence-electron chi connectivity index (χ4n) is 2.96. The van der Waals surface area contributed by atoms with Crippen molar-refractivity contribution in [1.29, 1.82) is 0 Å². The van der Waals surface area contributed by atoms with Crippen LogP contribution in [0.15, 0.2) is 55.1 Å². The Kier molecular flexibility index (Phi) is 6.42. The molecule has 2 aromatic carbocycles. The molecular formula is C20H19F3N6O3. The summed E-state index contributed by atoms with van der Waals surface area (Å²) in [5, 5.41) is 20.6. The lowest BCUT2D eigenvalue weighted by atomic mass is 10.1. The predicted molar refractivity (Wildman–Crippen MR) is 109 cm³/mol. The lowest BCUT2D eigenvalue weighted by molar-refractivity contribution is -0.384. The standard InChI is InChI=1S/C20H19F3N6O3/c1-12(14-3-6-16(7-4-14)28-11-24-10-25-28)27-19(30)13(2)26-17-8-5-15(20(21,22)23)9-18(17)29(31)32/h3-13,26H,1-2H3,(H,27,30)/t12-,13-/m0/s1. The number of aromatic nitrogens is 3. The summed E-state index contributed by atoms with van der Waals surface area (Å²) in [5.41, 5.74) is -0.508. The third-order valence-electron chi connectivity index (χ3n) is 4.72. The molecule has 1 aromatic heterocycles. The summed E-state index contributed by atoms with van der Waals surface area (Å²) in [6.07, 6.45) is -1.76. The summed E-state index contributed by atoms with van der Waals surface area (Å²) in [4.78, 5) is 26.7. The van der Waals surface area contributed by atoms with Crippen LogP contribution in [0.4, 0.5) is 24.5 Å². The minimum absolute atomic E-state index is 0.185. The number of nitrogens with one attached hydrogen (secondary N) is 2. The van der Waals surface area contributed by atoms with E-state index in [0.717, 1.165) is 23.4 Å². The lowest BCUT2D eigenvalue weighted by Gasteiger charge is -2.20. The summed E-state index contributed by atoms with van der Waals surface area (Å²) < 4.78 is 40.1. The highest BCUT2D eigenvalue weighted by Crippen LogP contribution is 2.35. The smallest absolute Gasteiger partial charge is 0.368 e. The van der Waals surface area contributed by atoms with E-state index in [0.29, 0.717) is 6.07 Å². The van der Waals surface area contributed by atoms with Gasteiger partial charge in [0.25, 0.3) is 5.69 Å². The molecule has 0 bridgehead atoms. The van der Waals surface area contributed by atoms with Gasteiger partial charge in [-0.1, -0.05) is 12.1 Å². The molecule has 3 rings (SSSR count). The zero-order valence-corrected chi connectivity index (χ0v) is 17.0. The summed E-state index contributed by atoms with van der Waals surface area (Å²) in [6, 6.07) is 7.99. The molecule has 1 amide bonds. The SMILES string of the molecule is C[C@H](Nc1ccc(C(F)(F)F)cc1[N+](=O)[O-])C(=O)N[C@@H](C)c1ccc(-n2cncn2)cc1. The Morgan fingerprint density at radius 2 is 1.84 bits per heavy atom. The third-order valence-corrected chi connectivity index (χ3v) is 4.72. The number of nitro benzene ring substituents is 1. The van der Waals surface area contributed by atoms with Crippen LogP contribution in [-0.2, 0) is 11.0 Å². The Bertz CT molecular complexity index is 1100. The topological polar surface area (TPSA) is 115 Å². The summed E-state index contributed by atoms with van der Waals surface area (Å²) in [7, 11) is 0. The Labute approximate surface area is 180 Å². The molecule has 0 saturated carbocycles. The Hall–Kier alpha value is -3.96. The molecule has 0 saturated heterocycles. The largest absolute Gasteiger partial charge is 0.416 e. The number of carbonyl (C=O) groups is 1. The first-order valence-corrected chi connectivity index (χ1v) is 9.44. The quantitative estimate of drug-likeness (QED) is 0.419. The van der Waals surface area contributed by atoms with Crippen LogP contribution in [0.1, 0.15) is 31.0 Å². The van der Waals surface area contributed by atoms with Crippen molar-refractivity contribution >= 4 is 17.3 Å². The summed E-state index contributed by atoms with van der Waals surface area (Å²) in [5.74, 6) is -0.480. The number of alkyl halides is 3. The van der Waals surface area contributed by atoms with Crippen molar-refractivity contribution in [1.82, 2.24) is 20.1 Å². The van der Waals surface area contributed by atoms with Gasteiger partial charge >= 0.3 is 6.18 Å². The van der Waals surface area contributed by atoms with E-state index in [1.807, 2.05) is 0 Å². The minimum Gasteiger partial charge on any atom is -0.368 e. The van der Waals surface area contributed by atoms with Gasteiger partial charge in [-0.25, -0.2) is 9.67 Å². The molecule has 2 atom stereocenters. The number of hydrogen-bond acceptors (Lipinski definition) is 6. The van der Waals surface area contributed by atoms with Crippen molar-refractivity contribution in [3.63, 3.8) is 0 Å². The van der Waals surface area contributed by atoms with E-state index < -0.39 is 34.3 Å². The summed E-state index contributed by atoms with van der Waals surface area (Å²) >= 11 is 0. The predicted octanol–water partition coefficient (Wildman–Crippen LogP) is 3.87. The van der Waals surface area contributed by atoms with Crippen LogP contribution >= 0.6 is 0 Å². The maximum absolute atomic E-state index is 12.8. The normalized spacial score (nSPS) is 13.3. The van der Waals surface area contributed by atoms with Crippen molar-refractivity contribution in [2.75, 3.05) is 5.32 Å². The number of nitrogens with zero attached hydrogens (tertiary/aromatic N) is 4. The number of nitro groups is 1. The van der Waals surface area contributed by atoms with Crippen LogP contribution in [-0.4, -0.2) is 31.6 Å². The van der Waals surface area contributed by atoms with Crippen molar-refractivity contribution in [2.45, 2.75) is 32.1 Å². The molecule has 0 unspecified atom stereocenters. The molecule has 0 radical (unpaired) electrons. The molecular weight excluding hydrogens is 429 g/mol. The van der Waals surface area contributed by atoms with E-state index in [9.17, 15) is 28.1 Å². The molecule has 168 valence electrons. The first-order chi connectivity index (χ1) is 15.1. The number of halogens is 3. The van der Waals surface area contributed by atoms with Crippen molar-refractivity contribution in [3.05, 3.63) is 76.4 Å². The van der Waals surface area contributed by atoms with E-state index in [-0.39, 0.29) is 11.7 Å². The van der Waals surface area contributed by atoms with Crippen molar-refractivity contribution in [3.8, 4) is 5.69 Å². The molecule has 0 spiro atoms. The van der Waals surface area contributed by atoms with E-state index in [1.165, 1.54) is 13.3 Å². The van der Waals surface area contributed by atoms with Gasteiger partial charge < -0.3 is 10.6 Å². The second kappa shape index (κ2) is 9.04. The average Bonchev–Trinajstić information content (AvgIpc) is 3.28. The van der Waals surface area contributed by atoms with Crippen molar-refractivity contribution in [2.24, 2.45) is 0 Å². The van der Waals surface area contributed by atoms with Gasteiger partial charge in [-0.05, 0) is 43.7 Å². The Morgan fingerprint density at radius 3 is 2.41 bits per heavy atom. The van der Waals surface area contributed by atoms with Crippen molar-refractivity contribution < 1.29 is 22.9 Å². The fraction of sp³-hybridized carbons (Fsp3) is 0.250. The highest BCUT2D eigenvalue weighted by atomic mass is 19.4. The van der Waals surface area contributed by atoms with Crippen LogP contribution < -0.4 is 10.6 Å². The van der Waals surface area contributed by atoms with Crippen LogP contribution in [0.3, 0.4) is 0 Å². The maximum atomic E-state index is 12.8. The number of carbonyl (C=O) groups excluding carboxylic acids is 1. The lowest BCUT2D eigenvalue weighted by Crippen LogP contribution is -2.39. The first kappa shape index (κ1) is 22.7. The molecule has 0 aliphatic heterocycles. The number of rotatable bonds is 7. The molecule has 0 fully saturated rings. The van der Waals surface area contributed by atoms with Gasteiger partial charge in [-0.2, -0.15) is 18.3 Å². The highest BCUT2D eigenvalue weighted by molar-refractivity contribution is 5.85. The zero-order chi connectivity index (χ0) is 23.5. The van der Waals surface area contributed by atoms with Gasteiger partial charge in [-0.3, -0.25) is 14.9 Å². The van der Waals surface area contributed by atoms with Crippen LogP contribution in [0, 0.1) is 10.1 Å². The zero-order valence-electron chi connectivity index (χ0n) is 17.0. The second-order valence-corrected chi connectivity index (χ2v) is 7.01. The fourth-order valence-corrected chi connectivity index (χ4v) is 2.96. The molecule has 32 heavy (non-hydrogen) atoms. The highest BCUT2D eigenvalue weighted by Gasteiger charge is 2.33. The van der Waals surface area contributed by atoms with Gasteiger partial charge in [0.2, 0.25) is 5.91 Å². The van der Waals surface area contributed by atoms with Crippen LogP contribution in [0.25, 0.3) is 5.69 Å². The second-order valence-electron chi connectivity index (χ2n) is 7.01. The van der Waals surface area contributed by atoms with Gasteiger partial charge in [0.05, 0.1) is 22.2 Å². The van der Waals surface area contributed by atoms with Crippen LogP contribution in [0.2, 0.25) is 0 Å². The maximum Gasteiger partial charge on any atom is 0.416 e. The monoisotopic (exact) mass is 448 g/mol.